The van der Waals surface area contributed by atoms with Gasteiger partial charge >= 0.3 is 0 Å². The van der Waals surface area contributed by atoms with Gasteiger partial charge in [0, 0.05) is 19.5 Å². The van der Waals surface area contributed by atoms with Crippen molar-refractivity contribution in [2.24, 2.45) is 0 Å². The van der Waals surface area contributed by atoms with Gasteiger partial charge in [0.1, 0.15) is 20.2 Å². The molecule has 0 aromatic carbocycles. The number of ether oxygens (including phenoxy) is 1. The average molecular weight is 189 g/mol. The number of carboxylic acids is 1. The molecular formula is C9H19NO3. The van der Waals surface area contributed by atoms with Gasteiger partial charge in [0.25, 0.3) is 0 Å². The van der Waals surface area contributed by atoms with Gasteiger partial charge in [-0.3, -0.25) is 0 Å². The zero-order valence-corrected chi connectivity index (χ0v) is 8.87. The lowest BCUT2D eigenvalue weighted by Crippen LogP contribution is -2.16. The number of rotatable bonds is 4. The topological polar surface area (TPSA) is 52.4 Å². The number of aliphatic carboxylic acids is 1. The van der Waals surface area contributed by atoms with Gasteiger partial charge < -0.3 is 14.6 Å². The van der Waals surface area contributed by atoms with E-state index in [1.54, 1.807) is 7.11 Å². The first-order valence-electron chi connectivity index (χ1n) is 4.24. The zero-order valence-electron chi connectivity index (χ0n) is 8.87. The molecule has 0 N–H and O–H groups in total. The highest BCUT2D eigenvalue weighted by Gasteiger charge is 1.89. The van der Waals surface area contributed by atoms with Crippen molar-refractivity contribution < 1.29 is 19.2 Å². The van der Waals surface area contributed by atoms with E-state index in [-0.39, 0.29) is 0 Å². The molecule has 0 saturated heterocycles. The van der Waals surface area contributed by atoms with Crippen molar-refractivity contribution >= 4 is 12.2 Å². The van der Waals surface area contributed by atoms with Crippen molar-refractivity contribution in [2.75, 3.05) is 27.3 Å². The Morgan fingerprint density at radius 1 is 1.62 bits per heavy atom. The fourth-order valence-corrected chi connectivity index (χ4v) is 0.646. The van der Waals surface area contributed by atoms with E-state index in [1.807, 2.05) is 6.21 Å². The predicted octanol–water partition coefficient (Wildman–Crippen LogP) is -0.488. The fraction of sp³-hybridized carbons (Fsp3) is 0.778. The molecule has 13 heavy (non-hydrogen) atoms. The standard InChI is InChI=1S/C7H16NO.C2H4O2/c1-4-5-8(2)6-7-9-3;1-2(3)4/h6H,4-5,7H2,1-3H3;1H3,(H,3,4)/q+1;/p-1. The number of hydrogen-bond acceptors (Lipinski definition) is 3. The van der Waals surface area contributed by atoms with E-state index in [2.05, 4.69) is 18.5 Å². The van der Waals surface area contributed by atoms with Crippen molar-refractivity contribution in [3.8, 4) is 0 Å². The summed E-state index contributed by atoms with van der Waals surface area (Å²) in [6.07, 6.45) is 3.24. The summed E-state index contributed by atoms with van der Waals surface area (Å²) in [7, 11) is 3.76. The van der Waals surface area contributed by atoms with E-state index in [0.717, 1.165) is 20.1 Å². The van der Waals surface area contributed by atoms with Crippen molar-refractivity contribution in [3.05, 3.63) is 0 Å². The largest absolute Gasteiger partial charge is 0.550 e. The van der Waals surface area contributed by atoms with Gasteiger partial charge in [0.2, 0.25) is 0 Å². The zero-order chi connectivity index (χ0) is 10.7. The lowest BCUT2D eigenvalue weighted by Gasteiger charge is -1.91. The van der Waals surface area contributed by atoms with Crippen molar-refractivity contribution in [3.63, 3.8) is 0 Å². The molecule has 0 aromatic rings. The Bertz CT molecular complexity index is 151. The molecule has 4 heteroatoms. The summed E-state index contributed by atoms with van der Waals surface area (Å²) in [5, 5.41) is 8.89. The lowest BCUT2D eigenvalue weighted by molar-refractivity contribution is -0.494. The summed E-state index contributed by atoms with van der Waals surface area (Å²) in [5.74, 6) is -1.08. The normalized spacial score (nSPS) is 10.3. The quantitative estimate of drug-likeness (QED) is 0.443. The lowest BCUT2D eigenvalue weighted by atomic mass is 10.5. The Morgan fingerprint density at radius 2 is 2.08 bits per heavy atom. The van der Waals surface area contributed by atoms with Crippen LogP contribution < -0.4 is 5.11 Å². The van der Waals surface area contributed by atoms with Crippen LogP contribution in [0.5, 0.6) is 0 Å². The summed E-state index contributed by atoms with van der Waals surface area (Å²) in [4.78, 5) is 8.89. The molecule has 0 fully saturated rings. The first kappa shape index (κ1) is 14.6. The monoisotopic (exact) mass is 189 g/mol. The maximum Gasteiger partial charge on any atom is 0.165 e. The Labute approximate surface area is 79.8 Å². The molecule has 0 aliphatic rings. The van der Waals surface area contributed by atoms with Crippen LogP contribution in [0.1, 0.15) is 20.3 Å². The maximum atomic E-state index is 8.89. The molecule has 0 amide bonds. The Hall–Kier alpha value is -0.900. The fourth-order valence-electron chi connectivity index (χ4n) is 0.646. The van der Waals surface area contributed by atoms with Crippen LogP contribution in [-0.2, 0) is 9.53 Å². The van der Waals surface area contributed by atoms with Crippen LogP contribution in [0, 0.1) is 0 Å². The smallest absolute Gasteiger partial charge is 0.165 e. The van der Waals surface area contributed by atoms with Gasteiger partial charge in [0.15, 0.2) is 6.21 Å². The minimum Gasteiger partial charge on any atom is -0.550 e. The molecule has 0 aromatic heterocycles. The third-order valence-electron chi connectivity index (χ3n) is 1.13. The number of carbonyl (C=O) groups excluding carboxylic acids is 1. The molecule has 4 nitrogen and oxygen atoms in total. The molecule has 0 unspecified atom stereocenters. The Balaban J connectivity index is 0. The molecule has 0 heterocycles. The first-order chi connectivity index (χ1) is 6.04. The van der Waals surface area contributed by atoms with Crippen LogP contribution >= 0.6 is 0 Å². The van der Waals surface area contributed by atoms with Gasteiger partial charge in [-0.1, -0.05) is 6.92 Å². The summed E-state index contributed by atoms with van der Waals surface area (Å²) < 4.78 is 7.00. The number of hydrogen-bond donors (Lipinski definition) is 0. The van der Waals surface area contributed by atoms with Crippen LogP contribution in [-0.4, -0.2) is 44.1 Å². The van der Waals surface area contributed by atoms with E-state index < -0.39 is 5.97 Å². The van der Waals surface area contributed by atoms with Crippen LogP contribution in [0.3, 0.4) is 0 Å². The molecule has 0 spiro atoms. The third-order valence-corrected chi connectivity index (χ3v) is 1.13. The highest BCUT2D eigenvalue weighted by Crippen LogP contribution is 1.74. The first-order valence-corrected chi connectivity index (χ1v) is 4.24. The predicted molar refractivity (Wildman–Crippen MR) is 50.0 cm³/mol. The average Bonchev–Trinajstić information content (AvgIpc) is 2.00. The molecule has 0 saturated carbocycles. The molecule has 0 aliphatic carbocycles. The summed E-state index contributed by atoms with van der Waals surface area (Å²) in [6.45, 7) is 4.97. The van der Waals surface area contributed by atoms with Crippen molar-refractivity contribution in [2.45, 2.75) is 20.3 Å². The number of methoxy groups -OCH3 is 1. The van der Waals surface area contributed by atoms with Crippen molar-refractivity contribution in [1.29, 1.82) is 0 Å². The van der Waals surface area contributed by atoms with Crippen LogP contribution in [0.2, 0.25) is 0 Å². The van der Waals surface area contributed by atoms with Crippen LogP contribution in [0.4, 0.5) is 0 Å². The minimum absolute atomic E-state index is 0.719. The molecule has 0 bridgehead atoms. The van der Waals surface area contributed by atoms with Gasteiger partial charge in [-0.05, 0) is 6.92 Å². The second-order valence-corrected chi connectivity index (χ2v) is 2.61. The van der Waals surface area contributed by atoms with E-state index in [4.69, 9.17) is 14.6 Å². The van der Waals surface area contributed by atoms with E-state index in [9.17, 15) is 0 Å². The SMILES string of the molecule is CC(=O)[O-].CCC[N+](C)=CCOC. The van der Waals surface area contributed by atoms with Gasteiger partial charge in [-0.2, -0.15) is 0 Å². The molecule has 0 aliphatic heterocycles. The van der Waals surface area contributed by atoms with E-state index >= 15 is 0 Å². The number of carbonyl (C=O) groups is 1. The summed E-state index contributed by atoms with van der Waals surface area (Å²) in [6, 6.07) is 0. The van der Waals surface area contributed by atoms with E-state index in [0.29, 0.717) is 0 Å². The highest BCUT2D eigenvalue weighted by atomic mass is 16.5. The Morgan fingerprint density at radius 3 is 2.38 bits per heavy atom. The Kier molecular flexibility index (Phi) is 12.5. The van der Waals surface area contributed by atoms with Crippen molar-refractivity contribution in [1.82, 2.24) is 0 Å². The van der Waals surface area contributed by atoms with Gasteiger partial charge in [-0.15, -0.1) is 0 Å². The molecule has 0 radical (unpaired) electrons. The molecule has 78 valence electrons. The highest BCUT2D eigenvalue weighted by molar-refractivity contribution is 5.60. The van der Waals surface area contributed by atoms with Crippen LogP contribution in [0.15, 0.2) is 0 Å². The van der Waals surface area contributed by atoms with Gasteiger partial charge in [0.05, 0.1) is 0 Å². The van der Waals surface area contributed by atoms with Crippen LogP contribution in [0.25, 0.3) is 0 Å². The second-order valence-electron chi connectivity index (χ2n) is 2.61. The summed E-state index contributed by atoms with van der Waals surface area (Å²) in [5.41, 5.74) is 0. The molecular weight excluding hydrogens is 170 g/mol. The summed E-state index contributed by atoms with van der Waals surface area (Å²) >= 11 is 0. The maximum absolute atomic E-state index is 8.89. The number of carboxylic acid groups (broad SMARTS) is 1. The number of nitrogens with zero attached hydrogens (tertiary/aromatic N) is 1. The second kappa shape index (κ2) is 11.1. The third kappa shape index (κ3) is 24.7. The van der Waals surface area contributed by atoms with Gasteiger partial charge in [-0.25, -0.2) is 4.58 Å². The molecule has 0 rings (SSSR count). The minimum atomic E-state index is -1.08. The van der Waals surface area contributed by atoms with E-state index in [1.165, 1.54) is 6.42 Å². The molecule has 0 atom stereocenters.